The predicted molar refractivity (Wildman–Crippen MR) is 115 cm³/mol. The van der Waals surface area contributed by atoms with Crippen LogP contribution in [0, 0.1) is 0 Å². The van der Waals surface area contributed by atoms with E-state index in [2.05, 4.69) is 63.1 Å². The first-order valence-electron chi connectivity index (χ1n) is 9.19. The molecule has 2 aromatic carbocycles. The minimum atomic E-state index is -1.97. The Bertz CT molecular complexity index is 954. The normalized spacial score (nSPS) is 12.3. The van der Waals surface area contributed by atoms with Gasteiger partial charge in [-0.1, -0.05) is 20.8 Å². The molecule has 0 bridgehead atoms. The fourth-order valence-corrected chi connectivity index (χ4v) is 3.76. The Hall–Kier alpha value is -2.40. The summed E-state index contributed by atoms with van der Waals surface area (Å²) in [5, 5.41) is 1.26. The van der Waals surface area contributed by atoms with Crippen LogP contribution in [-0.2, 0) is 0 Å². The maximum atomic E-state index is 6.54. The molecule has 27 heavy (non-hydrogen) atoms. The Morgan fingerprint density at radius 1 is 0.852 bits per heavy atom. The fourth-order valence-electron chi connectivity index (χ4n) is 2.74. The van der Waals surface area contributed by atoms with Crippen LogP contribution in [0.4, 0.5) is 0 Å². The topological polar surface area (TPSA) is 43.5 Å². The van der Waals surface area contributed by atoms with Crippen LogP contribution in [0.3, 0.4) is 0 Å². The lowest BCUT2D eigenvalue weighted by Gasteiger charge is -2.36. The summed E-state index contributed by atoms with van der Waals surface area (Å²) in [5.41, 5.74) is 3.16. The Kier molecular flexibility index (Phi) is 4.99. The number of rotatable bonds is 5. The highest BCUT2D eigenvalue weighted by atomic mass is 28.4. The lowest BCUT2D eigenvalue weighted by atomic mass is 10.1. The van der Waals surface area contributed by atoms with Crippen molar-refractivity contribution in [1.29, 1.82) is 0 Å². The zero-order valence-electron chi connectivity index (χ0n) is 17.3. The van der Waals surface area contributed by atoms with Crippen molar-refractivity contribution in [1.82, 2.24) is 4.98 Å². The molecule has 1 N–H and O–H groups in total. The van der Waals surface area contributed by atoms with Crippen LogP contribution in [0.15, 0.2) is 42.5 Å². The number of hydrogen-bond donors (Lipinski definition) is 1. The summed E-state index contributed by atoms with van der Waals surface area (Å²) < 4.78 is 17.4. The highest BCUT2D eigenvalue weighted by Gasteiger charge is 2.39. The van der Waals surface area contributed by atoms with E-state index in [0.717, 1.165) is 39.4 Å². The molecule has 0 amide bonds. The van der Waals surface area contributed by atoms with E-state index in [9.17, 15) is 0 Å². The van der Waals surface area contributed by atoms with Gasteiger partial charge in [-0.3, -0.25) is 0 Å². The van der Waals surface area contributed by atoms with Crippen molar-refractivity contribution in [2.45, 2.75) is 38.9 Å². The molecule has 0 spiro atoms. The zero-order valence-corrected chi connectivity index (χ0v) is 18.3. The number of H-pyrrole nitrogens is 1. The summed E-state index contributed by atoms with van der Waals surface area (Å²) >= 11 is 0. The highest BCUT2D eigenvalue weighted by molar-refractivity contribution is 6.74. The Morgan fingerprint density at radius 2 is 1.59 bits per heavy atom. The molecule has 0 aliphatic rings. The number of aromatic nitrogens is 1. The smallest absolute Gasteiger partial charge is 0.250 e. The molecule has 0 aliphatic heterocycles. The molecule has 5 heteroatoms. The minimum Gasteiger partial charge on any atom is -0.541 e. The number of ether oxygens (including phenoxy) is 2. The van der Waals surface area contributed by atoms with Crippen molar-refractivity contribution >= 4 is 19.2 Å². The lowest BCUT2D eigenvalue weighted by molar-refractivity contribution is 0.386. The monoisotopic (exact) mass is 383 g/mol. The SMILES string of the molecule is COc1ccc2cc(-c3ccc(OC)c(O[Si](C)(C)C(C)(C)C)c3)[nH]c2c1. The maximum Gasteiger partial charge on any atom is 0.250 e. The molecule has 0 saturated carbocycles. The van der Waals surface area contributed by atoms with Gasteiger partial charge in [0.2, 0.25) is 0 Å². The first-order valence-corrected chi connectivity index (χ1v) is 12.1. The predicted octanol–water partition coefficient (Wildman–Crippen LogP) is 6.24. The van der Waals surface area contributed by atoms with Crippen molar-refractivity contribution in [3.8, 4) is 28.5 Å². The van der Waals surface area contributed by atoms with Crippen LogP contribution < -0.4 is 13.9 Å². The van der Waals surface area contributed by atoms with E-state index in [0.29, 0.717) is 0 Å². The average Bonchev–Trinajstić information content (AvgIpc) is 3.03. The summed E-state index contributed by atoms with van der Waals surface area (Å²) in [6.07, 6.45) is 0. The number of methoxy groups -OCH3 is 2. The molecule has 1 heterocycles. The standard InChI is InChI=1S/C22H29NO3Si/c1-22(2,3)27(6,7)26-21-13-16(9-11-20(21)25-5)18-12-15-8-10-17(24-4)14-19(15)23-18/h8-14,23H,1-7H3. The molecule has 0 aliphatic carbocycles. The van der Waals surface area contributed by atoms with Crippen molar-refractivity contribution < 1.29 is 13.9 Å². The van der Waals surface area contributed by atoms with Gasteiger partial charge in [0.1, 0.15) is 11.5 Å². The second-order valence-corrected chi connectivity index (χ2v) is 13.1. The van der Waals surface area contributed by atoms with E-state index in [-0.39, 0.29) is 5.04 Å². The van der Waals surface area contributed by atoms with Gasteiger partial charge in [0.15, 0.2) is 5.75 Å². The molecular formula is C22H29NO3Si. The van der Waals surface area contributed by atoms with Crippen molar-refractivity contribution in [2.75, 3.05) is 14.2 Å². The Balaban J connectivity index is 2.02. The molecule has 0 saturated heterocycles. The second kappa shape index (κ2) is 6.96. The van der Waals surface area contributed by atoms with Crippen molar-refractivity contribution in [2.24, 2.45) is 0 Å². The van der Waals surface area contributed by atoms with Gasteiger partial charge in [-0.15, -0.1) is 0 Å². The third kappa shape index (κ3) is 3.83. The van der Waals surface area contributed by atoms with E-state index in [1.165, 1.54) is 0 Å². The van der Waals surface area contributed by atoms with Gasteiger partial charge < -0.3 is 18.9 Å². The number of nitrogens with one attached hydrogen (secondary N) is 1. The number of hydrogen-bond acceptors (Lipinski definition) is 3. The van der Waals surface area contributed by atoms with Crippen LogP contribution in [0.25, 0.3) is 22.2 Å². The van der Waals surface area contributed by atoms with E-state index < -0.39 is 8.32 Å². The van der Waals surface area contributed by atoms with Crippen LogP contribution in [0.2, 0.25) is 18.1 Å². The second-order valence-electron chi connectivity index (χ2n) is 8.36. The van der Waals surface area contributed by atoms with Crippen LogP contribution in [0.1, 0.15) is 20.8 Å². The average molecular weight is 384 g/mol. The molecule has 0 radical (unpaired) electrons. The largest absolute Gasteiger partial charge is 0.541 e. The minimum absolute atomic E-state index is 0.117. The summed E-state index contributed by atoms with van der Waals surface area (Å²) in [5.74, 6) is 2.41. The summed E-state index contributed by atoms with van der Waals surface area (Å²) in [6, 6.07) is 14.3. The van der Waals surface area contributed by atoms with Crippen LogP contribution >= 0.6 is 0 Å². The third-order valence-corrected chi connectivity index (χ3v) is 9.82. The molecule has 144 valence electrons. The van der Waals surface area contributed by atoms with Gasteiger partial charge in [0.05, 0.1) is 14.2 Å². The quantitative estimate of drug-likeness (QED) is 0.531. The molecule has 4 nitrogen and oxygen atoms in total. The molecule has 3 rings (SSSR count). The van der Waals surface area contributed by atoms with Gasteiger partial charge in [-0.2, -0.15) is 0 Å². The van der Waals surface area contributed by atoms with E-state index in [1.807, 2.05) is 18.2 Å². The Morgan fingerprint density at radius 3 is 2.22 bits per heavy atom. The zero-order chi connectivity index (χ0) is 19.8. The van der Waals surface area contributed by atoms with Crippen molar-refractivity contribution in [3.05, 3.63) is 42.5 Å². The van der Waals surface area contributed by atoms with Gasteiger partial charge in [0, 0.05) is 28.2 Å². The third-order valence-electron chi connectivity index (χ3n) is 5.48. The number of benzene rings is 2. The summed E-state index contributed by atoms with van der Waals surface area (Å²) in [4.78, 5) is 3.48. The van der Waals surface area contributed by atoms with E-state index >= 15 is 0 Å². The summed E-state index contributed by atoms with van der Waals surface area (Å²) in [6.45, 7) is 11.2. The fraction of sp³-hybridized carbons (Fsp3) is 0.364. The highest BCUT2D eigenvalue weighted by Crippen LogP contribution is 2.41. The summed E-state index contributed by atoms with van der Waals surface area (Å²) in [7, 11) is 1.39. The van der Waals surface area contributed by atoms with Crippen molar-refractivity contribution in [3.63, 3.8) is 0 Å². The van der Waals surface area contributed by atoms with E-state index in [1.54, 1.807) is 14.2 Å². The molecule has 3 aromatic rings. The Labute approximate surface area is 162 Å². The number of fused-ring (bicyclic) bond motifs is 1. The van der Waals surface area contributed by atoms with Crippen LogP contribution in [-0.4, -0.2) is 27.5 Å². The number of aromatic amines is 1. The first kappa shape index (κ1) is 19.4. The lowest BCUT2D eigenvalue weighted by Crippen LogP contribution is -2.43. The molecule has 1 aromatic heterocycles. The molecular weight excluding hydrogens is 354 g/mol. The van der Waals surface area contributed by atoms with E-state index in [4.69, 9.17) is 13.9 Å². The van der Waals surface area contributed by atoms with Gasteiger partial charge in [0.25, 0.3) is 8.32 Å². The first-order chi connectivity index (χ1) is 12.6. The molecule has 0 fully saturated rings. The molecule has 0 unspecified atom stereocenters. The maximum absolute atomic E-state index is 6.54. The van der Waals surface area contributed by atoms with Crippen LogP contribution in [0.5, 0.6) is 17.2 Å². The molecule has 0 atom stereocenters. The van der Waals surface area contributed by atoms with Gasteiger partial charge in [-0.25, -0.2) is 0 Å². The van der Waals surface area contributed by atoms with Gasteiger partial charge in [-0.05, 0) is 54.5 Å². The van der Waals surface area contributed by atoms with Gasteiger partial charge >= 0.3 is 0 Å².